The van der Waals surface area contributed by atoms with Crippen LogP contribution in [-0.4, -0.2) is 11.7 Å². The summed E-state index contributed by atoms with van der Waals surface area (Å²) in [6, 6.07) is 10.5. The Morgan fingerprint density at radius 1 is 1.00 bits per heavy atom. The molecule has 0 bridgehead atoms. The molecule has 0 aliphatic heterocycles. The van der Waals surface area contributed by atoms with Gasteiger partial charge < -0.3 is 10.0 Å². The maximum Gasteiger partial charge on any atom is 0.125 e. The van der Waals surface area contributed by atoms with Gasteiger partial charge in [-0.2, -0.15) is 0 Å². The molecule has 0 unspecified atom stereocenters. The molecule has 2 nitrogen and oxygen atoms in total. The first-order chi connectivity index (χ1) is 9.13. The third kappa shape index (κ3) is 3.09. The molecule has 0 spiro atoms. The van der Waals surface area contributed by atoms with Gasteiger partial charge in [0.05, 0.1) is 6.61 Å². The predicted octanol–water partition coefficient (Wildman–Crippen LogP) is 3.62. The lowest BCUT2D eigenvalue weighted by Crippen LogP contribution is -2.16. The van der Waals surface area contributed by atoms with E-state index in [0.29, 0.717) is 23.5 Å². The van der Waals surface area contributed by atoms with Crippen LogP contribution < -0.4 is 4.90 Å². The van der Waals surface area contributed by atoms with Gasteiger partial charge in [-0.1, -0.05) is 6.07 Å². The van der Waals surface area contributed by atoms with Gasteiger partial charge in [-0.25, -0.2) is 8.78 Å². The van der Waals surface area contributed by atoms with E-state index in [1.165, 1.54) is 24.3 Å². The fourth-order valence-corrected chi connectivity index (χ4v) is 2.04. The lowest BCUT2D eigenvalue weighted by atomic mass is 10.1. The maximum atomic E-state index is 13.5. The Morgan fingerprint density at radius 3 is 2.37 bits per heavy atom. The maximum absolute atomic E-state index is 13.5. The Bertz CT molecular complexity index is 572. The molecule has 0 amide bonds. The predicted molar refractivity (Wildman–Crippen MR) is 71.4 cm³/mol. The first-order valence-electron chi connectivity index (χ1n) is 6.07. The van der Waals surface area contributed by atoms with Crippen molar-refractivity contribution in [2.45, 2.75) is 13.5 Å². The van der Waals surface area contributed by atoms with E-state index in [1.807, 2.05) is 6.92 Å². The number of rotatable bonds is 4. The van der Waals surface area contributed by atoms with Crippen LogP contribution in [0.3, 0.4) is 0 Å². The number of hydrogen-bond donors (Lipinski definition) is 1. The van der Waals surface area contributed by atoms with Crippen molar-refractivity contribution in [2.75, 3.05) is 11.4 Å². The standard InChI is InChI=1S/C15H15F2NO/c1-2-18(14-5-3-4-12(16)8-14)15-7-11(10-19)6-13(17)9-15/h3-9,19H,2,10H2,1H3. The Balaban J connectivity index is 2.44. The highest BCUT2D eigenvalue weighted by atomic mass is 19.1. The summed E-state index contributed by atoms with van der Waals surface area (Å²) < 4.78 is 26.8. The summed E-state index contributed by atoms with van der Waals surface area (Å²) in [7, 11) is 0. The molecule has 4 heteroatoms. The van der Waals surface area contributed by atoms with E-state index in [2.05, 4.69) is 0 Å². The molecule has 0 aliphatic rings. The highest BCUT2D eigenvalue weighted by Crippen LogP contribution is 2.27. The summed E-state index contributed by atoms with van der Waals surface area (Å²) in [6.45, 7) is 2.23. The molecule has 0 saturated heterocycles. The molecule has 0 radical (unpaired) electrons. The number of hydrogen-bond acceptors (Lipinski definition) is 2. The summed E-state index contributed by atoms with van der Waals surface area (Å²) in [6.07, 6.45) is 0. The Morgan fingerprint density at radius 2 is 1.74 bits per heavy atom. The summed E-state index contributed by atoms with van der Waals surface area (Å²) >= 11 is 0. The zero-order valence-corrected chi connectivity index (χ0v) is 10.6. The Labute approximate surface area is 110 Å². The fourth-order valence-electron chi connectivity index (χ4n) is 2.04. The van der Waals surface area contributed by atoms with Crippen molar-refractivity contribution < 1.29 is 13.9 Å². The zero-order valence-electron chi connectivity index (χ0n) is 10.6. The minimum absolute atomic E-state index is 0.231. The highest BCUT2D eigenvalue weighted by molar-refractivity contribution is 5.63. The SMILES string of the molecule is CCN(c1cccc(F)c1)c1cc(F)cc(CO)c1. The van der Waals surface area contributed by atoms with E-state index < -0.39 is 5.82 Å². The van der Waals surface area contributed by atoms with E-state index in [4.69, 9.17) is 5.11 Å². The van der Waals surface area contributed by atoms with Crippen molar-refractivity contribution in [2.24, 2.45) is 0 Å². The average Bonchev–Trinajstić information content (AvgIpc) is 2.39. The van der Waals surface area contributed by atoms with Crippen LogP contribution >= 0.6 is 0 Å². The second kappa shape index (κ2) is 5.80. The highest BCUT2D eigenvalue weighted by Gasteiger charge is 2.10. The Kier molecular flexibility index (Phi) is 4.12. The van der Waals surface area contributed by atoms with Crippen molar-refractivity contribution in [3.05, 3.63) is 59.7 Å². The molecule has 2 aromatic rings. The van der Waals surface area contributed by atoms with Gasteiger partial charge in [0.15, 0.2) is 0 Å². The molecule has 0 fully saturated rings. The molecule has 0 aromatic heterocycles. The van der Waals surface area contributed by atoms with Crippen LogP contribution in [0.25, 0.3) is 0 Å². The second-order valence-electron chi connectivity index (χ2n) is 4.20. The normalized spacial score (nSPS) is 10.5. The molecule has 2 rings (SSSR count). The molecular weight excluding hydrogens is 248 g/mol. The van der Waals surface area contributed by atoms with Gasteiger partial charge in [-0.05, 0) is 48.9 Å². The fraction of sp³-hybridized carbons (Fsp3) is 0.200. The molecule has 0 aliphatic carbocycles. The van der Waals surface area contributed by atoms with Crippen molar-refractivity contribution in [3.8, 4) is 0 Å². The first-order valence-corrected chi connectivity index (χ1v) is 6.07. The molecule has 1 N–H and O–H groups in total. The number of aliphatic hydroxyl groups excluding tert-OH is 1. The minimum atomic E-state index is -0.420. The lowest BCUT2D eigenvalue weighted by Gasteiger charge is -2.24. The van der Waals surface area contributed by atoms with Crippen LogP contribution in [-0.2, 0) is 6.61 Å². The smallest absolute Gasteiger partial charge is 0.125 e. The molecular formula is C15H15F2NO. The average molecular weight is 263 g/mol. The van der Waals surface area contributed by atoms with Gasteiger partial charge in [0.1, 0.15) is 11.6 Å². The van der Waals surface area contributed by atoms with Crippen LogP contribution in [0, 0.1) is 11.6 Å². The van der Waals surface area contributed by atoms with Gasteiger partial charge >= 0.3 is 0 Å². The molecule has 100 valence electrons. The summed E-state index contributed by atoms with van der Waals surface area (Å²) in [5.74, 6) is -0.758. The number of halogens is 2. The van der Waals surface area contributed by atoms with Gasteiger partial charge in [0, 0.05) is 17.9 Å². The van der Waals surface area contributed by atoms with Crippen molar-refractivity contribution in [1.82, 2.24) is 0 Å². The Hall–Kier alpha value is -1.94. The van der Waals surface area contributed by atoms with Gasteiger partial charge in [0.2, 0.25) is 0 Å². The van der Waals surface area contributed by atoms with E-state index in [1.54, 1.807) is 23.1 Å². The molecule has 0 atom stereocenters. The number of nitrogens with zero attached hydrogens (tertiary/aromatic N) is 1. The second-order valence-corrected chi connectivity index (χ2v) is 4.20. The van der Waals surface area contributed by atoms with E-state index in [9.17, 15) is 8.78 Å². The summed E-state index contributed by atoms with van der Waals surface area (Å²) in [4.78, 5) is 1.78. The van der Waals surface area contributed by atoms with Crippen molar-refractivity contribution in [1.29, 1.82) is 0 Å². The van der Waals surface area contributed by atoms with Gasteiger partial charge in [-0.3, -0.25) is 0 Å². The quantitative estimate of drug-likeness (QED) is 0.910. The lowest BCUT2D eigenvalue weighted by molar-refractivity contribution is 0.281. The molecule has 0 saturated carbocycles. The van der Waals surface area contributed by atoms with Crippen LogP contribution in [0.2, 0.25) is 0 Å². The largest absolute Gasteiger partial charge is 0.392 e. The van der Waals surface area contributed by atoms with Crippen molar-refractivity contribution >= 4 is 11.4 Å². The number of anilines is 2. The van der Waals surface area contributed by atoms with Gasteiger partial charge in [0.25, 0.3) is 0 Å². The van der Waals surface area contributed by atoms with E-state index >= 15 is 0 Å². The number of aliphatic hydroxyl groups is 1. The number of benzene rings is 2. The van der Waals surface area contributed by atoms with E-state index in [0.717, 1.165) is 0 Å². The van der Waals surface area contributed by atoms with Crippen LogP contribution in [0.4, 0.5) is 20.2 Å². The third-order valence-corrected chi connectivity index (χ3v) is 2.87. The summed E-state index contributed by atoms with van der Waals surface area (Å²) in [5, 5.41) is 9.11. The molecule has 2 aromatic carbocycles. The van der Waals surface area contributed by atoms with Crippen LogP contribution in [0.15, 0.2) is 42.5 Å². The molecule has 19 heavy (non-hydrogen) atoms. The topological polar surface area (TPSA) is 23.5 Å². The van der Waals surface area contributed by atoms with Gasteiger partial charge in [-0.15, -0.1) is 0 Å². The molecule has 0 heterocycles. The third-order valence-electron chi connectivity index (χ3n) is 2.87. The van der Waals surface area contributed by atoms with Crippen LogP contribution in [0.5, 0.6) is 0 Å². The van der Waals surface area contributed by atoms with E-state index in [-0.39, 0.29) is 12.4 Å². The zero-order chi connectivity index (χ0) is 13.8. The first kappa shape index (κ1) is 13.5. The van der Waals surface area contributed by atoms with Crippen molar-refractivity contribution in [3.63, 3.8) is 0 Å². The summed E-state index contributed by atoms with van der Waals surface area (Å²) in [5.41, 5.74) is 1.74. The minimum Gasteiger partial charge on any atom is -0.392 e. The monoisotopic (exact) mass is 263 g/mol. The van der Waals surface area contributed by atoms with Crippen LogP contribution in [0.1, 0.15) is 12.5 Å².